The van der Waals surface area contributed by atoms with Crippen LogP contribution in [0.1, 0.15) is 10.6 Å². The molecule has 3 heterocycles. The molecule has 2 aromatic heterocycles. The molecular formula is C18H11ClN2O3S2. The molecule has 130 valence electrons. The zero-order valence-corrected chi connectivity index (χ0v) is 15.6. The van der Waals surface area contributed by atoms with E-state index in [1.54, 1.807) is 30.3 Å². The number of aromatic nitrogens is 1. The van der Waals surface area contributed by atoms with Gasteiger partial charge < -0.3 is 4.42 Å². The fraction of sp³-hybridized carbons (Fsp3) is 0.0556. The summed E-state index contributed by atoms with van der Waals surface area (Å²) in [6.07, 6.45) is 3.19. The number of thioether (sulfide) groups is 1. The van der Waals surface area contributed by atoms with Crippen LogP contribution in [0.4, 0.5) is 4.79 Å². The smallest absolute Gasteiger partial charge is 0.293 e. The van der Waals surface area contributed by atoms with Gasteiger partial charge in [0.25, 0.3) is 11.1 Å². The molecule has 2 amide bonds. The SMILES string of the molecule is O=C1S/C(=C\c2cccs2)C(=O)N1Cc1coc(-c2ccc(Cl)cc2)n1. The highest BCUT2D eigenvalue weighted by Crippen LogP contribution is 2.34. The number of amides is 2. The highest BCUT2D eigenvalue weighted by Gasteiger charge is 2.35. The number of carbonyl (C=O) groups excluding carboxylic acids is 2. The summed E-state index contributed by atoms with van der Waals surface area (Å²) in [4.78, 5) is 31.6. The summed E-state index contributed by atoms with van der Waals surface area (Å²) in [6.45, 7) is 0.0730. The van der Waals surface area contributed by atoms with Crippen molar-refractivity contribution in [3.63, 3.8) is 0 Å². The number of thiophene rings is 1. The number of imide groups is 1. The third-order valence-corrected chi connectivity index (χ3v) is 5.63. The Balaban J connectivity index is 1.51. The Kier molecular flexibility index (Phi) is 4.67. The van der Waals surface area contributed by atoms with E-state index in [0.717, 1.165) is 22.2 Å². The van der Waals surface area contributed by atoms with Gasteiger partial charge in [-0.3, -0.25) is 14.5 Å². The van der Waals surface area contributed by atoms with Crippen molar-refractivity contribution in [2.45, 2.75) is 6.54 Å². The molecule has 0 unspecified atom stereocenters. The van der Waals surface area contributed by atoms with Crippen molar-refractivity contribution in [3.8, 4) is 11.5 Å². The minimum atomic E-state index is -0.315. The molecule has 5 nitrogen and oxygen atoms in total. The van der Waals surface area contributed by atoms with Crippen molar-refractivity contribution >= 4 is 51.9 Å². The van der Waals surface area contributed by atoms with E-state index in [9.17, 15) is 9.59 Å². The minimum Gasteiger partial charge on any atom is -0.444 e. The first kappa shape index (κ1) is 17.1. The standard InChI is InChI=1S/C18H11ClN2O3S2/c19-12-5-3-11(4-6-12)16-20-13(10-24-16)9-21-17(22)15(26-18(21)23)8-14-2-1-7-25-14/h1-8,10H,9H2/b15-8-. The number of hydrogen-bond donors (Lipinski definition) is 0. The molecule has 3 aromatic rings. The van der Waals surface area contributed by atoms with Crippen molar-refractivity contribution in [3.05, 3.63) is 68.5 Å². The minimum absolute atomic E-state index is 0.0730. The topological polar surface area (TPSA) is 63.4 Å². The predicted molar refractivity (Wildman–Crippen MR) is 103 cm³/mol. The molecule has 8 heteroatoms. The van der Waals surface area contributed by atoms with Crippen LogP contribution in [0, 0.1) is 0 Å². The third kappa shape index (κ3) is 3.46. The van der Waals surface area contributed by atoms with Gasteiger partial charge in [-0.2, -0.15) is 0 Å². The highest BCUT2D eigenvalue weighted by molar-refractivity contribution is 8.18. The van der Waals surface area contributed by atoms with Crippen LogP contribution in [-0.2, 0) is 11.3 Å². The predicted octanol–water partition coefficient (Wildman–Crippen LogP) is 5.29. The molecule has 1 aliphatic heterocycles. The Morgan fingerprint density at radius 3 is 2.73 bits per heavy atom. The van der Waals surface area contributed by atoms with Crippen molar-refractivity contribution in [2.75, 3.05) is 0 Å². The molecule has 26 heavy (non-hydrogen) atoms. The monoisotopic (exact) mass is 402 g/mol. The maximum Gasteiger partial charge on any atom is 0.293 e. The lowest BCUT2D eigenvalue weighted by Gasteiger charge is -2.09. The Hall–Kier alpha value is -2.35. The summed E-state index contributed by atoms with van der Waals surface area (Å²) in [6, 6.07) is 10.9. The van der Waals surface area contributed by atoms with Crippen molar-refractivity contribution in [1.82, 2.24) is 9.88 Å². The van der Waals surface area contributed by atoms with E-state index in [2.05, 4.69) is 4.98 Å². The summed E-state index contributed by atoms with van der Waals surface area (Å²) in [5.74, 6) is 0.0993. The van der Waals surface area contributed by atoms with Crippen LogP contribution < -0.4 is 0 Å². The summed E-state index contributed by atoms with van der Waals surface area (Å²) in [5, 5.41) is 2.23. The molecule has 0 spiro atoms. The van der Waals surface area contributed by atoms with Gasteiger partial charge in [-0.15, -0.1) is 11.3 Å². The first-order chi connectivity index (χ1) is 12.6. The summed E-state index contributed by atoms with van der Waals surface area (Å²) in [5.41, 5.74) is 1.28. The van der Waals surface area contributed by atoms with Crippen LogP contribution >= 0.6 is 34.7 Å². The number of oxazole rings is 1. The lowest BCUT2D eigenvalue weighted by atomic mass is 10.2. The van der Waals surface area contributed by atoms with Crippen molar-refractivity contribution < 1.29 is 14.0 Å². The Morgan fingerprint density at radius 2 is 2.00 bits per heavy atom. The van der Waals surface area contributed by atoms with Gasteiger partial charge in [0.15, 0.2) is 0 Å². The van der Waals surface area contributed by atoms with Crippen LogP contribution in [0.5, 0.6) is 0 Å². The molecule has 1 fully saturated rings. The number of rotatable bonds is 4. The maximum absolute atomic E-state index is 12.5. The number of benzene rings is 1. The Morgan fingerprint density at radius 1 is 1.19 bits per heavy atom. The van der Waals surface area contributed by atoms with Gasteiger partial charge in [-0.25, -0.2) is 4.98 Å². The quantitative estimate of drug-likeness (QED) is 0.554. The molecule has 0 bridgehead atoms. The average Bonchev–Trinajstić information content (AvgIpc) is 3.35. The van der Waals surface area contributed by atoms with Gasteiger partial charge >= 0.3 is 0 Å². The van der Waals surface area contributed by atoms with Gasteiger partial charge in [0.2, 0.25) is 5.89 Å². The van der Waals surface area contributed by atoms with Gasteiger partial charge in [-0.05, 0) is 53.5 Å². The molecule has 0 aliphatic carbocycles. The normalized spacial score (nSPS) is 16.0. The Bertz CT molecular complexity index is 994. The second kappa shape index (κ2) is 7.11. The van der Waals surface area contributed by atoms with E-state index in [4.69, 9.17) is 16.0 Å². The lowest BCUT2D eigenvalue weighted by Crippen LogP contribution is -2.27. The van der Waals surface area contributed by atoms with E-state index in [1.807, 2.05) is 17.5 Å². The van der Waals surface area contributed by atoms with Gasteiger partial charge in [0, 0.05) is 15.5 Å². The zero-order valence-electron chi connectivity index (χ0n) is 13.2. The second-order valence-electron chi connectivity index (χ2n) is 5.43. The van der Waals surface area contributed by atoms with Crippen LogP contribution in [0.15, 0.2) is 57.4 Å². The van der Waals surface area contributed by atoms with E-state index in [-0.39, 0.29) is 17.7 Å². The first-order valence-electron chi connectivity index (χ1n) is 7.59. The van der Waals surface area contributed by atoms with Gasteiger partial charge in [0.1, 0.15) is 6.26 Å². The molecule has 4 rings (SSSR count). The maximum atomic E-state index is 12.5. The largest absolute Gasteiger partial charge is 0.444 e. The number of halogens is 1. The molecule has 1 saturated heterocycles. The highest BCUT2D eigenvalue weighted by atomic mass is 35.5. The summed E-state index contributed by atoms with van der Waals surface area (Å²) >= 11 is 8.32. The number of carbonyl (C=O) groups is 2. The summed E-state index contributed by atoms with van der Waals surface area (Å²) in [7, 11) is 0. The number of nitrogens with zero attached hydrogens (tertiary/aromatic N) is 2. The average molecular weight is 403 g/mol. The van der Waals surface area contributed by atoms with Crippen LogP contribution in [-0.4, -0.2) is 21.0 Å². The van der Waals surface area contributed by atoms with Gasteiger partial charge in [-0.1, -0.05) is 17.7 Å². The fourth-order valence-corrected chi connectivity index (χ4v) is 4.09. The molecule has 1 aliphatic rings. The first-order valence-corrected chi connectivity index (χ1v) is 9.67. The van der Waals surface area contributed by atoms with E-state index in [0.29, 0.717) is 21.5 Å². The van der Waals surface area contributed by atoms with Crippen LogP contribution in [0.3, 0.4) is 0 Å². The molecular weight excluding hydrogens is 392 g/mol. The van der Waals surface area contributed by atoms with E-state index >= 15 is 0 Å². The van der Waals surface area contributed by atoms with Crippen molar-refractivity contribution in [1.29, 1.82) is 0 Å². The Labute approximate surface area is 162 Å². The second-order valence-corrected chi connectivity index (χ2v) is 7.84. The third-order valence-electron chi connectivity index (χ3n) is 3.65. The zero-order chi connectivity index (χ0) is 18.1. The fourth-order valence-electron chi connectivity index (χ4n) is 2.41. The molecule has 0 atom stereocenters. The van der Waals surface area contributed by atoms with Crippen LogP contribution in [0.2, 0.25) is 5.02 Å². The molecule has 0 radical (unpaired) electrons. The molecule has 1 aromatic carbocycles. The van der Waals surface area contributed by atoms with Crippen molar-refractivity contribution in [2.24, 2.45) is 0 Å². The van der Waals surface area contributed by atoms with Crippen LogP contribution in [0.25, 0.3) is 17.5 Å². The van der Waals surface area contributed by atoms with Gasteiger partial charge in [0.05, 0.1) is 17.1 Å². The summed E-state index contributed by atoms with van der Waals surface area (Å²) < 4.78 is 5.46. The van der Waals surface area contributed by atoms with E-state index < -0.39 is 0 Å². The van der Waals surface area contributed by atoms with E-state index in [1.165, 1.54) is 22.5 Å². The molecule has 0 saturated carbocycles. The lowest BCUT2D eigenvalue weighted by molar-refractivity contribution is -0.123. The number of hydrogen-bond acceptors (Lipinski definition) is 6. The molecule has 0 N–H and O–H groups in total.